The average Bonchev–Trinajstić information content (AvgIpc) is 3.29. The van der Waals surface area contributed by atoms with Gasteiger partial charge in [0.1, 0.15) is 17.1 Å². The van der Waals surface area contributed by atoms with Crippen molar-refractivity contribution >= 4 is 11.9 Å². The molecular formula is C15H19NO5. The van der Waals surface area contributed by atoms with Crippen LogP contribution in [0.1, 0.15) is 30.1 Å². The van der Waals surface area contributed by atoms with Gasteiger partial charge in [-0.05, 0) is 31.9 Å². The highest BCUT2D eigenvalue weighted by molar-refractivity contribution is 5.97. The maximum Gasteiger partial charge on any atom is 0.346 e. The third-order valence-electron chi connectivity index (χ3n) is 3.21. The van der Waals surface area contributed by atoms with Crippen LogP contribution in [0.2, 0.25) is 0 Å². The monoisotopic (exact) mass is 293 g/mol. The van der Waals surface area contributed by atoms with Crippen LogP contribution in [0.25, 0.3) is 0 Å². The summed E-state index contributed by atoms with van der Waals surface area (Å²) in [6, 6.07) is 5.19. The molecule has 0 spiro atoms. The van der Waals surface area contributed by atoms with Crippen LogP contribution < -0.4 is 14.8 Å². The number of benzene rings is 1. The molecular weight excluding hydrogens is 274 g/mol. The van der Waals surface area contributed by atoms with Crippen molar-refractivity contribution < 1.29 is 23.8 Å². The van der Waals surface area contributed by atoms with Gasteiger partial charge >= 0.3 is 5.97 Å². The minimum Gasteiger partial charge on any atom is -0.496 e. The van der Waals surface area contributed by atoms with Gasteiger partial charge in [0.05, 0.1) is 14.2 Å². The lowest BCUT2D eigenvalue weighted by atomic mass is 10.1. The first-order valence-electron chi connectivity index (χ1n) is 6.79. The van der Waals surface area contributed by atoms with Gasteiger partial charge in [-0.2, -0.15) is 0 Å². The fourth-order valence-corrected chi connectivity index (χ4v) is 1.87. The third kappa shape index (κ3) is 3.65. The lowest BCUT2D eigenvalue weighted by molar-refractivity contribution is -0.129. The smallest absolute Gasteiger partial charge is 0.346 e. The number of carbonyl (C=O) groups is 2. The number of ether oxygens (including phenoxy) is 3. The molecule has 1 saturated carbocycles. The van der Waals surface area contributed by atoms with Crippen LogP contribution in [0.4, 0.5) is 0 Å². The molecule has 0 aliphatic heterocycles. The van der Waals surface area contributed by atoms with E-state index in [2.05, 4.69) is 5.32 Å². The largest absolute Gasteiger partial charge is 0.496 e. The number of rotatable bonds is 6. The van der Waals surface area contributed by atoms with Gasteiger partial charge in [0.25, 0.3) is 5.91 Å². The summed E-state index contributed by atoms with van der Waals surface area (Å²) < 4.78 is 15.5. The van der Waals surface area contributed by atoms with Crippen LogP contribution in [0, 0.1) is 0 Å². The molecule has 1 N–H and O–H groups in total. The minimum atomic E-state index is -0.868. The number of hydrogen-bond acceptors (Lipinski definition) is 5. The first kappa shape index (κ1) is 15.2. The van der Waals surface area contributed by atoms with Crippen LogP contribution in [0.15, 0.2) is 18.2 Å². The van der Waals surface area contributed by atoms with Gasteiger partial charge in [-0.3, -0.25) is 4.79 Å². The van der Waals surface area contributed by atoms with Crippen LogP contribution in [-0.4, -0.2) is 38.2 Å². The highest BCUT2D eigenvalue weighted by Crippen LogP contribution is 2.29. The van der Waals surface area contributed by atoms with E-state index in [0.717, 1.165) is 12.8 Å². The van der Waals surface area contributed by atoms with Crippen molar-refractivity contribution in [2.45, 2.75) is 31.9 Å². The molecule has 1 aliphatic rings. The first-order chi connectivity index (χ1) is 10.1. The van der Waals surface area contributed by atoms with Crippen molar-refractivity contribution in [1.29, 1.82) is 0 Å². The highest BCUT2D eigenvalue weighted by Gasteiger charge is 2.29. The summed E-state index contributed by atoms with van der Waals surface area (Å²) in [7, 11) is 2.91. The molecule has 1 fully saturated rings. The number of hydrogen-bond donors (Lipinski definition) is 1. The number of carbonyl (C=O) groups excluding carboxylic acids is 2. The van der Waals surface area contributed by atoms with E-state index in [-0.39, 0.29) is 17.5 Å². The van der Waals surface area contributed by atoms with Gasteiger partial charge in [-0.15, -0.1) is 0 Å². The van der Waals surface area contributed by atoms with Crippen molar-refractivity contribution in [3.05, 3.63) is 23.8 Å². The minimum absolute atomic E-state index is 0.175. The number of nitrogens with one attached hydrogen (secondary N) is 1. The lowest BCUT2D eigenvalue weighted by Gasteiger charge is -2.16. The molecule has 0 bridgehead atoms. The summed E-state index contributed by atoms with van der Waals surface area (Å²) in [6.07, 6.45) is 1.09. The Morgan fingerprint density at radius 3 is 2.24 bits per heavy atom. The maximum atomic E-state index is 12.3. The van der Waals surface area contributed by atoms with E-state index in [9.17, 15) is 9.59 Å². The standard InChI is InChI=1S/C15H19NO5/c1-9(14(17)16-10-7-8-10)21-15(18)13-11(19-2)5-4-6-12(13)20-3/h4-6,9-10H,7-8H2,1-3H3,(H,16,17)/t9-/m1/s1. The Morgan fingerprint density at radius 2 is 1.76 bits per heavy atom. The Morgan fingerprint density at radius 1 is 1.19 bits per heavy atom. The van der Waals surface area contributed by atoms with E-state index in [4.69, 9.17) is 14.2 Å². The van der Waals surface area contributed by atoms with Crippen molar-refractivity contribution in [2.24, 2.45) is 0 Å². The summed E-state index contributed by atoms with van der Waals surface area (Å²) in [5.41, 5.74) is 0.175. The van der Waals surface area contributed by atoms with Gasteiger partial charge in [0.15, 0.2) is 6.10 Å². The van der Waals surface area contributed by atoms with Gasteiger partial charge in [-0.1, -0.05) is 6.07 Å². The first-order valence-corrected chi connectivity index (χ1v) is 6.79. The van der Waals surface area contributed by atoms with Crippen molar-refractivity contribution in [2.75, 3.05) is 14.2 Å². The zero-order valence-corrected chi connectivity index (χ0v) is 12.3. The second-order valence-corrected chi connectivity index (χ2v) is 4.87. The molecule has 0 radical (unpaired) electrons. The van der Waals surface area contributed by atoms with E-state index in [0.29, 0.717) is 11.5 Å². The zero-order chi connectivity index (χ0) is 15.4. The van der Waals surface area contributed by atoms with Gasteiger partial charge < -0.3 is 19.5 Å². The Kier molecular flexibility index (Phi) is 4.67. The molecule has 1 amide bonds. The van der Waals surface area contributed by atoms with Crippen LogP contribution in [0.5, 0.6) is 11.5 Å². The lowest BCUT2D eigenvalue weighted by Crippen LogP contribution is -2.37. The molecule has 1 atom stereocenters. The quantitative estimate of drug-likeness (QED) is 0.805. The molecule has 1 aliphatic carbocycles. The van der Waals surface area contributed by atoms with E-state index in [1.54, 1.807) is 18.2 Å². The highest BCUT2D eigenvalue weighted by atomic mass is 16.6. The van der Waals surface area contributed by atoms with E-state index >= 15 is 0 Å². The normalized spacial score (nSPS) is 15.0. The summed E-state index contributed by atoms with van der Waals surface area (Å²) in [5, 5.41) is 2.79. The third-order valence-corrected chi connectivity index (χ3v) is 3.21. The number of amides is 1. The molecule has 2 rings (SSSR count). The molecule has 0 aromatic heterocycles. The van der Waals surface area contributed by atoms with E-state index < -0.39 is 12.1 Å². The molecule has 0 unspecified atom stereocenters. The van der Waals surface area contributed by atoms with Gasteiger partial charge in [-0.25, -0.2) is 4.79 Å². The Bertz CT molecular complexity index is 517. The van der Waals surface area contributed by atoms with Gasteiger partial charge in [0.2, 0.25) is 0 Å². The zero-order valence-electron chi connectivity index (χ0n) is 12.3. The van der Waals surface area contributed by atoms with Crippen LogP contribution in [-0.2, 0) is 9.53 Å². The summed E-state index contributed by atoms with van der Waals surface area (Å²) in [5.74, 6) is -0.259. The maximum absolute atomic E-state index is 12.3. The Balaban J connectivity index is 2.10. The average molecular weight is 293 g/mol. The van der Waals surface area contributed by atoms with E-state index in [1.807, 2.05) is 0 Å². The molecule has 0 heterocycles. The predicted octanol–water partition coefficient (Wildman–Crippen LogP) is 1.53. The summed E-state index contributed by atoms with van der Waals surface area (Å²) >= 11 is 0. The molecule has 21 heavy (non-hydrogen) atoms. The van der Waals surface area contributed by atoms with Crippen LogP contribution >= 0.6 is 0 Å². The summed E-state index contributed by atoms with van der Waals surface area (Å²) in [6.45, 7) is 1.54. The fraction of sp³-hybridized carbons (Fsp3) is 0.467. The van der Waals surface area contributed by atoms with Crippen LogP contribution in [0.3, 0.4) is 0 Å². The SMILES string of the molecule is COc1cccc(OC)c1C(=O)O[C@H](C)C(=O)NC1CC1. The predicted molar refractivity (Wildman–Crippen MR) is 75.6 cm³/mol. The summed E-state index contributed by atoms with van der Waals surface area (Å²) in [4.78, 5) is 24.1. The number of methoxy groups -OCH3 is 2. The van der Waals surface area contributed by atoms with Crippen molar-refractivity contribution in [3.63, 3.8) is 0 Å². The molecule has 1 aromatic carbocycles. The molecule has 1 aromatic rings. The second-order valence-electron chi connectivity index (χ2n) is 4.87. The fourth-order valence-electron chi connectivity index (χ4n) is 1.87. The second kappa shape index (κ2) is 6.47. The van der Waals surface area contributed by atoms with Gasteiger partial charge in [0, 0.05) is 6.04 Å². The number of esters is 1. The topological polar surface area (TPSA) is 73.9 Å². The Labute approximate surface area is 123 Å². The molecule has 0 saturated heterocycles. The molecule has 6 nitrogen and oxygen atoms in total. The van der Waals surface area contributed by atoms with E-state index in [1.165, 1.54) is 21.1 Å². The Hall–Kier alpha value is -2.24. The molecule has 114 valence electrons. The molecule has 6 heteroatoms. The van der Waals surface area contributed by atoms with Crippen molar-refractivity contribution in [1.82, 2.24) is 5.32 Å². The van der Waals surface area contributed by atoms with Crippen molar-refractivity contribution in [3.8, 4) is 11.5 Å².